The molecule has 0 saturated carbocycles. The second kappa shape index (κ2) is 9.31. The quantitative estimate of drug-likeness (QED) is 0.689. The SMILES string of the molecule is CCN1CCN(C(=O)c2c(CC(C)C)nn(-c3ccccc3Cl)c2C(C)C)CC1. The number of carbonyl (C=O) groups is 1. The van der Waals surface area contributed by atoms with Gasteiger partial charge in [-0.05, 0) is 36.9 Å². The number of hydrogen-bond acceptors (Lipinski definition) is 3. The van der Waals surface area contributed by atoms with Gasteiger partial charge < -0.3 is 9.80 Å². The molecule has 1 aromatic heterocycles. The molecular formula is C23H33ClN4O. The van der Waals surface area contributed by atoms with E-state index in [1.807, 2.05) is 33.8 Å². The zero-order valence-corrected chi connectivity index (χ0v) is 19.0. The molecule has 1 amide bonds. The van der Waals surface area contributed by atoms with Crippen LogP contribution >= 0.6 is 11.6 Å². The highest BCUT2D eigenvalue weighted by atomic mass is 35.5. The number of aromatic nitrogens is 2. The van der Waals surface area contributed by atoms with Crippen molar-refractivity contribution in [2.24, 2.45) is 5.92 Å². The standard InChI is InChI=1S/C23H33ClN4O/c1-6-26-11-13-27(14-12-26)23(29)21-19(15-16(2)3)25-28(22(21)17(4)5)20-10-8-7-9-18(20)24/h7-10,16-17H,6,11-15H2,1-5H3. The molecule has 2 heterocycles. The normalized spacial score (nSPS) is 15.5. The van der Waals surface area contributed by atoms with Crippen molar-refractivity contribution in [3.8, 4) is 5.69 Å². The Morgan fingerprint density at radius 2 is 1.76 bits per heavy atom. The number of nitrogens with zero attached hydrogens (tertiary/aromatic N) is 4. The number of benzene rings is 1. The van der Waals surface area contributed by atoms with E-state index in [2.05, 4.69) is 39.5 Å². The molecule has 158 valence electrons. The maximum atomic E-state index is 13.7. The summed E-state index contributed by atoms with van der Waals surface area (Å²) in [5.74, 6) is 0.669. The molecule has 1 aliphatic heterocycles. The van der Waals surface area contributed by atoms with Crippen LogP contribution in [-0.2, 0) is 6.42 Å². The van der Waals surface area contributed by atoms with Crippen molar-refractivity contribution >= 4 is 17.5 Å². The molecule has 0 atom stereocenters. The monoisotopic (exact) mass is 416 g/mol. The zero-order valence-electron chi connectivity index (χ0n) is 18.3. The Kier molecular flexibility index (Phi) is 7.01. The lowest BCUT2D eigenvalue weighted by Crippen LogP contribution is -2.48. The first-order valence-electron chi connectivity index (χ1n) is 10.7. The van der Waals surface area contributed by atoms with Gasteiger partial charge in [0.1, 0.15) is 0 Å². The van der Waals surface area contributed by atoms with Crippen molar-refractivity contribution in [1.82, 2.24) is 19.6 Å². The van der Waals surface area contributed by atoms with Crippen LogP contribution in [0.4, 0.5) is 0 Å². The van der Waals surface area contributed by atoms with E-state index in [0.717, 1.165) is 61.8 Å². The molecule has 3 rings (SSSR count). The molecule has 5 nitrogen and oxygen atoms in total. The Morgan fingerprint density at radius 3 is 2.31 bits per heavy atom. The molecule has 0 spiro atoms. The van der Waals surface area contributed by atoms with Gasteiger partial charge in [-0.3, -0.25) is 4.79 Å². The van der Waals surface area contributed by atoms with Crippen LogP contribution in [0.5, 0.6) is 0 Å². The van der Waals surface area contributed by atoms with Crippen LogP contribution in [0, 0.1) is 5.92 Å². The van der Waals surface area contributed by atoms with E-state index in [1.165, 1.54) is 0 Å². The number of amides is 1. The summed E-state index contributed by atoms with van der Waals surface area (Å²) in [4.78, 5) is 18.1. The van der Waals surface area contributed by atoms with Crippen LogP contribution in [0.15, 0.2) is 24.3 Å². The molecule has 1 fully saturated rings. The lowest BCUT2D eigenvalue weighted by Gasteiger charge is -2.34. The summed E-state index contributed by atoms with van der Waals surface area (Å²) in [6.07, 6.45) is 0.771. The maximum absolute atomic E-state index is 13.7. The van der Waals surface area contributed by atoms with E-state index >= 15 is 0 Å². The fraction of sp³-hybridized carbons (Fsp3) is 0.565. The second-order valence-electron chi connectivity index (χ2n) is 8.55. The van der Waals surface area contributed by atoms with Crippen molar-refractivity contribution in [2.75, 3.05) is 32.7 Å². The first kappa shape index (κ1) is 21.8. The van der Waals surface area contributed by atoms with Gasteiger partial charge in [0.2, 0.25) is 0 Å². The smallest absolute Gasteiger partial charge is 0.257 e. The van der Waals surface area contributed by atoms with E-state index < -0.39 is 0 Å². The lowest BCUT2D eigenvalue weighted by molar-refractivity contribution is 0.0640. The van der Waals surface area contributed by atoms with Crippen LogP contribution in [0.1, 0.15) is 62.3 Å². The number of likely N-dealkylation sites (N-methyl/N-ethyl adjacent to an activating group) is 1. The summed E-state index contributed by atoms with van der Waals surface area (Å²) in [6.45, 7) is 15.2. The van der Waals surface area contributed by atoms with Crippen molar-refractivity contribution in [3.05, 3.63) is 46.2 Å². The predicted molar refractivity (Wildman–Crippen MR) is 119 cm³/mol. The van der Waals surface area contributed by atoms with Crippen LogP contribution in [-0.4, -0.2) is 58.2 Å². The highest BCUT2D eigenvalue weighted by Crippen LogP contribution is 2.31. The van der Waals surface area contributed by atoms with Gasteiger partial charge in [0.05, 0.1) is 27.7 Å². The van der Waals surface area contributed by atoms with Crippen LogP contribution in [0.3, 0.4) is 0 Å². The number of halogens is 1. The zero-order chi connectivity index (χ0) is 21.1. The summed E-state index contributed by atoms with van der Waals surface area (Å²) < 4.78 is 1.90. The molecule has 1 aromatic carbocycles. The van der Waals surface area contributed by atoms with E-state index in [9.17, 15) is 4.79 Å². The molecule has 29 heavy (non-hydrogen) atoms. The largest absolute Gasteiger partial charge is 0.336 e. The Hall–Kier alpha value is -1.85. The number of rotatable bonds is 6. The first-order chi connectivity index (χ1) is 13.8. The van der Waals surface area contributed by atoms with Gasteiger partial charge >= 0.3 is 0 Å². The topological polar surface area (TPSA) is 41.4 Å². The van der Waals surface area contributed by atoms with Gasteiger partial charge in [-0.15, -0.1) is 0 Å². The summed E-state index contributed by atoms with van der Waals surface area (Å²) in [5.41, 5.74) is 3.44. The van der Waals surface area contributed by atoms with E-state index in [4.69, 9.17) is 16.7 Å². The molecule has 6 heteroatoms. The van der Waals surface area contributed by atoms with Crippen LogP contribution < -0.4 is 0 Å². The third-order valence-electron chi connectivity index (χ3n) is 5.54. The minimum atomic E-state index is 0.110. The second-order valence-corrected chi connectivity index (χ2v) is 8.96. The van der Waals surface area contributed by atoms with Gasteiger partial charge in [0, 0.05) is 26.2 Å². The predicted octanol–water partition coefficient (Wildman–Crippen LogP) is 4.63. The van der Waals surface area contributed by atoms with E-state index in [-0.39, 0.29) is 11.8 Å². The number of carbonyl (C=O) groups excluding carboxylic acids is 1. The van der Waals surface area contributed by atoms with Crippen molar-refractivity contribution in [3.63, 3.8) is 0 Å². The average molecular weight is 417 g/mol. The first-order valence-corrected chi connectivity index (χ1v) is 11.1. The molecule has 0 N–H and O–H groups in total. The number of para-hydroxylation sites is 1. The number of piperazine rings is 1. The summed E-state index contributed by atoms with van der Waals surface area (Å²) in [6, 6.07) is 7.71. The Labute approximate surface area is 179 Å². The van der Waals surface area contributed by atoms with Gasteiger partial charge in [0.15, 0.2) is 0 Å². The highest BCUT2D eigenvalue weighted by molar-refractivity contribution is 6.32. The van der Waals surface area contributed by atoms with E-state index in [1.54, 1.807) is 0 Å². The molecule has 0 unspecified atom stereocenters. The average Bonchev–Trinajstić information content (AvgIpc) is 3.06. The van der Waals surface area contributed by atoms with Gasteiger partial charge in [-0.2, -0.15) is 5.10 Å². The molecular weight excluding hydrogens is 384 g/mol. The third-order valence-corrected chi connectivity index (χ3v) is 5.86. The summed E-state index contributed by atoms with van der Waals surface area (Å²) in [5, 5.41) is 5.57. The molecule has 1 aliphatic rings. The molecule has 0 aliphatic carbocycles. The van der Waals surface area contributed by atoms with Crippen molar-refractivity contribution in [1.29, 1.82) is 0 Å². The van der Waals surface area contributed by atoms with Gasteiger partial charge in [0.25, 0.3) is 5.91 Å². The molecule has 0 bridgehead atoms. The lowest BCUT2D eigenvalue weighted by atomic mass is 9.97. The Bertz CT molecular complexity index is 851. The fourth-order valence-electron chi connectivity index (χ4n) is 4.01. The van der Waals surface area contributed by atoms with Crippen LogP contribution in [0.2, 0.25) is 5.02 Å². The molecule has 0 radical (unpaired) electrons. The Morgan fingerprint density at radius 1 is 1.10 bits per heavy atom. The highest BCUT2D eigenvalue weighted by Gasteiger charge is 2.31. The number of hydrogen-bond donors (Lipinski definition) is 0. The third kappa shape index (κ3) is 4.67. The van der Waals surface area contributed by atoms with Crippen molar-refractivity contribution < 1.29 is 4.79 Å². The summed E-state index contributed by atoms with van der Waals surface area (Å²) >= 11 is 6.50. The summed E-state index contributed by atoms with van der Waals surface area (Å²) in [7, 11) is 0. The van der Waals surface area contributed by atoms with Gasteiger partial charge in [-0.25, -0.2) is 4.68 Å². The Balaban J connectivity index is 2.09. The molecule has 1 saturated heterocycles. The van der Waals surface area contributed by atoms with Crippen molar-refractivity contribution in [2.45, 2.75) is 47.0 Å². The minimum absolute atomic E-state index is 0.110. The fourth-order valence-corrected chi connectivity index (χ4v) is 4.22. The van der Waals surface area contributed by atoms with Crippen LogP contribution in [0.25, 0.3) is 5.69 Å². The molecule has 2 aromatic rings. The minimum Gasteiger partial charge on any atom is -0.336 e. The maximum Gasteiger partial charge on any atom is 0.257 e. The van der Waals surface area contributed by atoms with E-state index in [0.29, 0.717) is 10.9 Å². The van der Waals surface area contributed by atoms with Gasteiger partial charge in [-0.1, -0.05) is 58.4 Å².